The molecular formula is C18H14N6O2. The minimum atomic E-state index is -0.820. The van der Waals surface area contributed by atoms with E-state index in [9.17, 15) is 9.59 Å². The van der Waals surface area contributed by atoms with Gasteiger partial charge in [0.15, 0.2) is 5.69 Å². The van der Waals surface area contributed by atoms with E-state index in [1.807, 2.05) is 24.3 Å². The number of carbonyl (C=O) groups is 2. The largest absolute Gasteiger partial charge is 0.364 e. The van der Waals surface area contributed by atoms with Gasteiger partial charge in [0.05, 0.1) is 29.2 Å². The standard InChI is InChI=1S/C18H14N6O2/c19-9-11-2-1-3-13(8-11)12-4-6-14(7-5-12)24-10-15(22-18(21)26)16(23-24)17(20)25/h1-8,10H,(H2,20,25)(H3,21,22,26). The summed E-state index contributed by atoms with van der Waals surface area (Å²) in [5.74, 6) is -0.780. The van der Waals surface area contributed by atoms with Gasteiger partial charge in [-0.25, -0.2) is 9.48 Å². The highest BCUT2D eigenvalue weighted by Gasteiger charge is 2.16. The van der Waals surface area contributed by atoms with E-state index >= 15 is 0 Å². The third kappa shape index (κ3) is 3.37. The predicted molar refractivity (Wildman–Crippen MR) is 95.4 cm³/mol. The molecule has 0 spiro atoms. The number of rotatable bonds is 4. The number of aromatic nitrogens is 2. The second kappa shape index (κ2) is 6.78. The molecule has 26 heavy (non-hydrogen) atoms. The van der Waals surface area contributed by atoms with Crippen molar-refractivity contribution in [1.82, 2.24) is 9.78 Å². The minimum Gasteiger partial charge on any atom is -0.364 e. The monoisotopic (exact) mass is 346 g/mol. The summed E-state index contributed by atoms with van der Waals surface area (Å²) in [4.78, 5) is 22.5. The van der Waals surface area contributed by atoms with Crippen LogP contribution in [0.1, 0.15) is 16.1 Å². The second-order valence-corrected chi connectivity index (χ2v) is 5.43. The Kier molecular flexibility index (Phi) is 4.36. The number of hydrogen-bond donors (Lipinski definition) is 3. The quantitative estimate of drug-likeness (QED) is 0.664. The van der Waals surface area contributed by atoms with Crippen molar-refractivity contribution in [3.63, 3.8) is 0 Å². The zero-order valence-corrected chi connectivity index (χ0v) is 13.5. The first-order chi connectivity index (χ1) is 12.5. The molecule has 128 valence electrons. The van der Waals surface area contributed by atoms with Gasteiger partial charge >= 0.3 is 6.03 Å². The number of nitrogens with zero attached hydrogens (tertiary/aromatic N) is 3. The van der Waals surface area contributed by atoms with Gasteiger partial charge in [-0.05, 0) is 35.4 Å². The van der Waals surface area contributed by atoms with Crippen LogP contribution in [0.25, 0.3) is 16.8 Å². The molecule has 0 saturated heterocycles. The Balaban J connectivity index is 1.94. The number of nitriles is 1. The van der Waals surface area contributed by atoms with Crippen LogP contribution in [0.2, 0.25) is 0 Å². The Hall–Kier alpha value is -4.12. The van der Waals surface area contributed by atoms with Gasteiger partial charge in [-0.2, -0.15) is 10.4 Å². The minimum absolute atomic E-state index is 0.0883. The van der Waals surface area contributed by atoms with Crippen molar-refractivity contribution in [3.05, 3.63) is 66.0 Å². The molecule has 3 aromatic rings. The average molecular weight is 346 g/mol. The number of urea groups is 1. The molecule has 0 fully saturated rings. The van der Waals surface area contributed by atoms with E-state index in [1.165, 1.54) is 10.9 Å². The van der Waals surface area contributed by atoms with E-state index in [0.717, 1.165) is 11.1 Å². The lowest BCUT2D eigenvalue weighted by Gasteiger charge is -2.05. The molecule has 0 bridgehead atoms. The number of nitrogens with one attached hydrogen (secondary N) is 1. The maximum absolute atomic E-state index is 11.5. The summed E-state index contributed by atoms with van der Waals surface area (Å²) in [6, 6.07) is 15.8. The number of anilines is 1. The normalized spacial score (nSPS) is 10.1. The summed E-state index contributed by atoms with van der Waals surface area (Å²) in [5.41, 5.74) is 13.5. The Morgan fingerprint density at radius 2 is 1.81 bits per heavy atom. The van der Waals surface area contributed by atoms with E-state index in [2.05, 4.69) is 16.5 Å². The fourth-order valence-electron chi connectivity index (χ4n) is 2.49. The molecule has 3 amide bonds. The van der Waals surface area contributed by atoms with E-state index in [4.69, 9.17) is 16.7 Å². The number of amides is 3. The predicted octanol–water partition coefficient (Wildman–Crippen LogP) is 2.00. The molecule has 3 rings (SSSR count). The van der Waals surface area contributed by atoms with E-state index in [1.54, 1.807) is 24.3 Å². The van der Waals surface area contributed by atoms with Crippen LogP contribution in [-0.4, -0.2) is 21.7 Å². The molecule has 0 aliphatic heterocycles. The molecule has 0 atom stereocenters. The highest BCUT2D eigenvalue weighted by Crippen LogP contribution is 2.23. The number of primary amides is 2. The molecule has 0 unspecified atom stereocenters. The van der Waals surface area contributed by atoms with Crippen molar-refractivity contribution in [2.24, 2.45) is 11.5 Å². The van der Waals surface area contributed by atoms with Crippen molar-refractivity contribution >= 4 is 17.6 Å². The van der Waals surface area contributed by atoms with Gasteiger partial charge < -0.3 is 16.8 Å². The maximum atomic E-state index is 11.5. The number of hydrogen-bond acceptors (Lipinski definition) is 4. The van der Waals surface area contributed by atoms with Crippen molar-refractivity contribution < 1.29 is 9.59 Å². The third-order valence-corrected chi connectivity index (χ3v) is 3.66. The Morgan fingerprint density at radius 3 is 2.42 bits per heavy atom. The van der Waals surface area contributed by atoms with Crippen LogP contribution in [-0.2, 0) is 0 Å². The average Bonchev–Trinajstić information content (AvgIpc) is 3.05. The van der Waals surface area contributed by atoms with E-state index in [0.29, 0.717) is 11.3 Å². The molecule has 8 nitrogen and oxygen atoms in total. The Bertz CT molecular complexity index is 1030. The summed E-state index contributed by atoms with van der Waals surface area (Å²) in [6.45, 7) is 0. The van der Waals surface area contributed by atoms with Crippen LogP contribution in [0.5, 0.6) is 0 Å². The molecule has 8 heteroatoms. The van der Waals surface area contributed by atoms with Gasteiger partial charge in [-0.1, -0.05) is 24.3 Å². The molecule has 0 aliphatic carbocycles. The fourth-order valence-corrected chi connectivity index (χ4v) is 2.49. The maximum Gasteiger partial charge on any atom is 0.316 e. The Morgan fingerprint density at radius 1 is 1.08 bits per heavy atom. The first kappa shape index (κ1) is 16.7. The molecule has 2 aromatic carbocycles. The van der Waals surface area contributed by atoms with Crippen LogP contribution < -0.4 is 16.8 Å². The second-order valence-electron chi connectivity index (χ2n) is 5.43. The zero-order valence-electron chi connectivity index (χ0n) is 13.5. The van der Waals surface area contributed by atoms with Crippen LogP contribution in [0, 0.1) is 11.3 Å². The van der Waals surface area contributed by atoms with Crippen molar-refractivity contribution in [2.45, 2.75) is 0 Å². The lowest BCUT2D eigenvalue weighted by atomic mass is 10.0. The summed E-state index contributed by atoms with van der Waals surface area (Å²) in [6.07, 6.45) is 1.45. The van der Waals surface area contributed by atoms with Crippen LogP contribution in [0.4, 0.5) is 10.5 Å². The van der Waals surface area contributed by atoms with E-state index in [-0.39, 0.29) is 11.4 Å². The molecule has 1 aromatic heterocycles. The first-order valence-corrected chi connectivity index (χ1v) is 7.55. The van der Waals surface area contributed by atoms with Gasteiger partial charge in [0.25, 0.3) is 5.91 Å². The molecule has 0 saturated carbocycles. The lowest BCUT2D eigenvalue weighted by Crippen LogP contribution is -2.22. The summed E-state index contributed by atoms with van der Waals surface area (Å²) in [5, 5.41) is 15.4. The summed E-state index contributed by atoms with van der Waals surface area (Å²) in [7, 11) is 0. The van der Waals surface area contributed by atoms with Gasteiger partial charge in [0.2, 0.25) is 0 Å². The number of nitrogens with two attached hydrogens (primary N) is 2. The third-order valence-electron chi connectivity index (χ3n) is 3.66. The molecule has 5 N–H and O–H groups in total. The van der Waals surface area contributed by atoms with Crippen LogP contribution >= 0.6 is 0 Å². The van der Waals surface area contributed by atoms with Crippen molar-refractivity contribution in [3.8, 4) is 22.9 Å². The highest BCUT2D eigenvalue weighted by atomic mass is 16.2. The number of carbonyl (C=O) groups excluding carboxylic acids is 2. The topological polar surface area (TPSA) is 140 Å². The van der Waals surface area contributed by atoms with Gasteiger partial charge in [0, 0.05) is 0 Å². The van der Waals surface area contributed by atoms with Crippen LogP contribution in [0.15, 0.2) is 54.7 Å². The smallest absolute Gasteiger partial charge is 0.316 e. The fraction of sp³-hybridized carbons (Fsp3) is 0. The van der Waals surface area contributed by atoms with Gasteiger partial charge in [-0.3, -0.25) is 4.79 Å². The van der Waals surface area contributed by atoms with Gasteiger partial charge in [0.1, 0.15) is 0 Å². The molecule has 0 radical (unpaired) electrons. The summed E-state index contributed by atoms with van der Waals surface area (Å²) >= 11 is 0. The van der Waals surface area contributed by atoms with Gasteiger partial charge in [-0.15, -0.1) is 0 Å². The zero-order chi connectivity index (χ0) is 18.7. The molecular weight excluding hydrogens is 332 g/mol. The highest BCUT2D eigenvalue weighted by molar-refractivity contribution is 6.00. The first-order valence-electron chi connectivity index (χ1n) is 7.55. The Labute approximate surface area is 148 Å². The molecule has 1 heterocycles. The summed E-state index contributed by atoms with van der Waals surface area (Å²) < 4.78 is 1.42. The number of benzene rings is 2. The lowest BCUT2D eigenvalue weighted by molar-refractivity contribution is 0.0996. The van der Waals surface area contributed by atoms with Crippen LogP contribution in [0.3, 0.4) is 0 Å². The SMILES string of the molecule is N#Cc1cccc(-c2ccc(-n3cc(NC(N)=O)c(C(N)=O)n3)cc2)c1. The van der Waals surface area contributed by atoms with Crippen molar-refractivity contribution in [1.29, 1.82) is 5.26 Å². The van der Waals surface area contributed by atoms with E-state index < -0.39 is 11.9 Å². The van der Waals surface area contributed by atoms with Crippen molar-refractivity contribution in [2.75, 3.05) is 5.32 Å². The molecule has 0 aliphatic rings.